The van der Waals surface area contributed by atoms with E-state index >= 15 is 0 Å². The second kappa shape index (κ2) is 16.6. The van der Waals surface area contributed by atoms with Crippen LogP contribution in [0.25, 0.3) is 72.7 Å². The van der Waals surface area contributed by atoms with Crippen molar-refractivity contribution in [2.75, 3.05) is 0 Å². The van der Waals surface area contributed by atoms with Crippen molar-refractivity contribution in [2.45, 2.75) is 125 Å². The molecule has 4 nitrogen and oxygen atoms in total. The molecule has 6 aromatic carbocycles. The van der Waals surface area contributed by atoms with Gasteiger partial charge in [0.05, 0.1) is 28.0 Å². The molecule has 0 unspecified atom stereocenters. The van der Waals surface area contributed by atoms with Crippen molar-refractivity contribution in [3.05, 3.63) is 167 Å². The van der Waals surface area contributed by atoms with E-state index < -0.39 is 6.85 Å². The van der Waals surface area contributed by atoms with Crippen LogP contribution in [0.1, 0.15) is 129 Å². The fourth-order valence-corrected chi connectivity index (χ4v) is 8.76. The molecule has 0 aliphatic heterocycles. The van der Waals surface area contributed by atoms with Crippen molar-refractivity contribution in [3.63, 3.8) is 0 Å². The predicted molar refractivity (Wildman–Crippen MR) is 281 cm³/mol. The zero-order valence-corrected chi connectivity index (χ0v) is 41.6. The summed E-state index contributed by atoms with van der Waals surface area (Å²) in [6.07, 6.45) is 1.82. The summed E-state index contributed by atoms with van der Waals surface area (Å²) in [5.41, 5.74) is 14.9. The minimum Gasteiger partial charge on any atom is -0.507 e. The Bertz CT molecular complexity index is 3200. The van der Waals surface area contributed by atoms with E-state index in [0.717, 1.165) is 78.0 Å². The number of benzene rings is 6. The molecule has 1 N–H and O–H groups in total. The Morgan fingerprint density at radius 3 is 1.79 bits per heavy atom. The van der Waals surface area contributed by atoms with E-state index in [-0.39, 0.29) is 32.8 Å². The number of imidazole rings is 1. The fourth-order valence-electron chi connectivity index (χ4n) is 8.76. The van der Waals surface area contributed by atoms with Crippen LogP contribution in [0.4, 0.5) is 0 Å². The molecule has 66 heavy (non-hydrogen) atoms. The van der Waals surface area contributed by atoms with Crippen LogP contribution >= 0.6 is 0 Å². The molecule has 0 aliphatic carbocycles. The number of hydrogen-bond donors (Lipinski definition) is 1. The number of pyridine rings is 1. The van der Waals surface area contributed by atoms with E-state index in [2.05, 4.69) is 205 Å². The lowest BCUT2D eigenvalue weighted by Gasteiger charge is -2.40. The molecule has 2 heterocycles. The van der Waals surface area contributed by atoms with Gasteiger partial charge >= 0.3 is 0 Å². The Morgan fingerprint density at radius 1 is 0.500 bits per heavy atom. The number of nitrogens with zero attached hydrogens (tertiary/aromatic N) is 3. The van der Waals surface area contributed by atoms with Gasteiger partial charge in [0.25, 0.3) is 0 Å². The van der Waals surface area contributed by atoms with Gasteiger partial charge in [-0.05, 0) is 121 Å². The maximum Gasteiger partial charge on any atom is 0.149 e. The van der Waals surface area contributed by atoms with E-state index in [9.17, 15) is 5.11 Å². The van der Waals surface area contributed by atoms with E-state index in [1.807, 2.05) is 24.4 Å². The summed E-state index contributed by atoms with van der Waals surface area (Å²) < 4.78 is 25.9. The monoisotopic (exact) mass is 875 g/mol. The van der Waals surface area contributed by atoms with Gasteiger partial charge in [0.15, 0.2) is 0 Å². The molecule has 0 saturated heterocycles. The summed E-state index contributed by atoms with van der Waals surface area (Å²) in [4.78, 5) is 10.6. The van der Waals surface area contributed by atoms with Gasteiger partial charge in [-0.1, -0.05) is 187 Å². The van der Waals surface area contributed by atoms with Crippen molar-refractivity contribution in [1.82, 2.24) is 14.5 Å². The van der Waals surface area contributed by atoms with Crippen LogP contribution in [0.2, 0.25) is 0 Å². The number of hydrogen-bond acceptors (Lipinski definition) is 3. The third kappa shape index (κ3) is 8.75. The summed E-state index contributed by atoms with van der Waals surface area (Å²) in [6.45, 7) is 29.2. The normalized spacial score (nSPS) is 13.7. The third-order valence-electron chi connectivity index (χ3n) is 14.0. The van der Waals surface area contributed by atoms with Gasteiger partial charge in [-0.2, -0.15) is 0 Å². The Kier molecular flexibility index (Phi) is 10.6. The topological polar surface area (TPSA) is 50.9 Å². The van der Waals surface area contributed by atoms with Crippen LogP contribution in [0.3, 0.4) is 0 Å². The van der Waals surface area contributed by atoms with Gasteiger partial charge in [0.2, 0.25) is 0 Å². The first-order valence-corrected chi connectivity index (χ1v) is 23.4. The minimum absolute atomic E-state index is 0.0168. The van der Waals surface area contributed by atoms with Crippen LogP contribution in [0.5, 0.6) is 5.75 Å². The van der Waals surface area contributed by atoms with Crippen LogP contribution in [0.15, 0.2) is 140 Å². The molecule has 338 valence electrons. The van der Waals surface area contributed by atoms with Gasteiger partial charge in [-0.3, -0.25) is 9.55 Å². The summed E-state index contributed by atoms with van der Waals surface area (Å²) in [6, 6.07) is 46.1. The molecule has 0 atom stereocenters. The highest BCUT2D eigenvalue weighted by Gasteiger charge is 2.36. The first-order valence-electron chi connectivity index (χ1n) is 24.9. The molecule has 8 aromatic rings. The number of phenolic OH excluding ortho intramolecular Hbond substituents is 1. The van der Waals surface area contributed by atoms with Crippen molar-refractivity contribution >= 4 is 11.0 Å². The summed E-state index contributed by atoms with van der Waals surface area (Å²) in [5.74, 6) is 0.897. The number of aromatic hydroxyl groups is 1. The number of rotatable bonds is 7. The molecule has 8 rings (SSSR count). The standard InChI is InChI=1S/C62H69N3O/c1-39-24-26-40(27-25-39)42-30-31-63-52(35-42)44-32-43(33-46(34-44)58(2,3)4)48-22-19-23-54-55(48)64-57(50-37-47(59(5,6)7)38-51(56(50)66)60(8,9)10)65(54)53-29-28-45(62(14,15)61(11,12)13)36-49(53)41-20-17-16-18-21-41/h16-38,66H,1-15H3/i1D3. The van der Waals surface area contributed by atoms with Gasteiger partial charge < -0.3 is 5.11 Å². The highest BCUT2D eigenvalue weighted by atomic mass is 16.3. The lowest BCUT2D eigenvalue weighted by Crippen LogP contribution is -2.34. The molecule has 4 heteroatoms. The Labute approximate surface area is 399 Å². The predicted octanol–water partition coefficient (Wildman–Crippen LogP) is 17.0. The molecule has 0 saturated carbocycles. The SMILES string of the molecule is [2H]C([2H])([2H])c1ccc(-c2ccnc(-c3cc(-c4cccc5c4nc(-c4cc(C(C)(C)C)cc(C(C)(C)C)c4O)n5-c4ccc(C(C)(C)C(C)(C)C)cc4-c4ccccc4)cc(C(C)(C)C)c3)c2)cc1. The summed E-state index contributed by atoms with van der Waals surface area (Å²) in [7, 11) is 0. The fraction of sp³-hybridized carbons (Fsp3) is 0.323. The zero-order chi connectivity index (χ0) is 50.2. The number of para-hydroxylation sites is 1. The van der Waals surface area contributed by atoms with E-state index in [4.69, 9.17) is 14.1 Å². The van der Waals surface area contributed by atoms with E-state index in [0.29, 0.717) is 17.0 Å². The van der Waals surface area contributed by atoms with E-state index in [1.54, 1.807) is 12.1 Å². The smallest absolute Gasteiger partial charge is 0.149 e. The highest BCUT2D eigenvalue weighted by molar-refractivity contribution is 5.98. The highest BCUT2D eigenvalue weighted by Crippen LogP contribution is 2.48. The maximum atomic E-state index is 12.6. The molecule has 0 amide bonds. The van der Waals surface area contributed by atoms with Gasteiger partial charge in [0.1, 0.15) is 11.6 Å². The van der Waals surface area contributed by atoms with Gasteiger partial charge in [-0.25, -0.2) is 4.98 Å². The molecular weight excluding hydrogens is 803 g/mol. The Balaban J connectivity index is 1.44. The molecule has 0 fully saturated rings. The van der Waals surface area contributed by atoms with Gasteiger partial charge in [-0.15, -0.1) is 0 Å². The molecule has 0 aliphatic rings. The van der Waals surface area contributed by atoms with Gasteiger partial charge in [0, 0.05) is 32.6 Å². The number of aromatic nitrogens is 3. The maximum absolute atomic E-state index is 12.6. The Hall–Kier alpha value is -6.26. The van der Waals surface area contributed by atoms with Crippen LogP contribution in [-0.2, 0) is 21.7 Å². The second-order valence-corrected chi connectivity index (χ2v) is 22.9. The number of fused-ring (bicyclic) bond motifs is 1. The molecule has 0 spiro atoms. The molecular formula is C62H69N3O. The third-order valence-corrected chi connectivity index (χ3v) is 14.0. The average Bonchev–Trinajstić information content (AvgIpc) is 3.67. The van der Waals surface area contributed by atoms with Crippen molar-refractivity contribution < 1.29 is 9.22 Å². The van der Waals surface area contributed by atoms with Crippen LogP contribution in [0, 0.1) is 12.3 Å². The molecule has 2 aromatic heterocycles. The lowest BCUT2D eigenvalue weighted by molar-refractivity contribution is 0.225. The van der Waals surface area contributed by atoms with Crippen molar-refractivity contribution in [2.24, 2.45) is 5.41 Å². The first-order chi connectivity index (χ1) is 32.0. The van der Waals surface area contributed by atoms with Crippen LogP contribution in [-0.4, -0.2) is 19.6 Å². The largest absolute Gasteiger partial charge is 0.507 e. The molecule has 0 bridgehead atoms. The van der Waals surface area contributed by atoms with Crippen molar-refractivity contribution in [1.29, 1.82) is 0 Å². The first kappa shape index (κ1) is 42.4. The lowest BCUT2D eigenvalue weighted by atomic mass is 9.65. The Morgan fingerprint density at radius 2 is 1.15 bits per heavy atom. The molecule has 0 radical (unpaired) electrons. The average molecular weight is 875 g/mol. The summed E-state index contributed by atoms with van der Waals surface area (Å²) in [5, 5.41) is 12.6. The zero-order valence-electron chi connectivity index (χ0n) is 44.6. The number of aryl methyl sites for hydroxylation is 1. The quantitative estimate of drug-likeness (QED) is 0.174. The number of phenols is 1. The summed E-state index contributed by atoms with van der Waals surface area (Å²) >= 11 is 0. The van der Waals surface area contributed by atoms with Crippen LogP contribution < -0.4 is 0 Å². The van der Waals surface area contributed by atoms with E-state index in [1.165, 1.54) is 5.56 Å². The van der Waals surface area contributed by atoms with Crippen molar-refractivity contribution in [3.8, 4) is 67.5 Å². The minimum atomic E-state index is -2.17. The second-order valence-electron chi connectivity index (χ2n) is 22.9.